The molecule has 0 aliphatic rings. The van der Waals surface area contributed by atoms with Gasteiger partial charge in [-0.25, -0.2) is 0 Å². The number of anilines is 1. The van der Waals surface area contributed by atoms with Crippen LogP contribution in [0.2, 0.25) is 0 Å². The van der Waals surface area contributed by atoms with E-state index in [1.54, 1.807) is 39.0 Å². The van der Waals surface area contributed by atoms with Crippen molar-refractivity contribution in [3.8, 4) is 5.75 Å². The number of carbonyl (C=O) groups excluding carboxylic acids is 1. The van der Waals surface area contributed by atoms with Crippen LogP contribution in [0.25, 0.3) is 10.9 Å². The largest absolute Gasteiger partial charge is 0.508 e. The first kappa shape index (κ1) is 29.2. The van der Waals surface area contributed by atoms with Gasteiger partial charge < -0.3 is 56.3 Å². The van der Waals surface area contributed by atoms with E-state index in [1.165, 1.54) is 12.3 Å². The van der Waals surface area contributed by atoms with Gasteiger partial charge in [-0.05, 0) is 29.2 Å². The standard InChI is InChI=1S/C24H27BN2O11/c1-20(2,3)13-8-14(21(22(25,31)32,23(33,34)35)24(36,37)38)17(28)9-16(13)27-19(30)12-10-26-15-7-5-4-6-11(15)18(12)29/h4-10,28,31-38H,1-3H3,(H,26,29)(H,27,30). The third-order valence-electron chi connectivity index (χ3n) is 6.19. The number of carbonyl (C=O) groups is 1. The monoisotopic (exact) mass is 530 g/mol. The number of benzene rings is 2. The topological polar surface area (TPSA) is 244 Å². The number of phenolic OH excluding ortho intramolecular Hbond substituents is 1. The van der Waals surface area contributed by atoms with E-state index in [4.69, 9.17) is 7.85 Å². The second-order valence-corrected chi connectivity index (χ2v) is 9.94. The summed E-state index contributed by atoms with van der Waals surface area (Å²) in [6, 6.07) is 7.87. The van der Waals surface area contributed by atoms with E-state index in [9.17, 15) is 55.5 Å². The van der Waals surface area contributed by atoms with E-state index < -0.39 is 51.1 Å². The molecule has 1 heterocycles. The third-order valence-corrected chi connectivity index (χ3v) is 6.19. The highest BCUT2D eigenvalue weighted by atomic mass is 16.7. The quantitative estimate of drug-likeness (QED) is 0.124. The molecular formula is C24H27BN2O11. The Kier molecular flexibility index (Phi) is 7.03. The number of fused-ring (bicyclic) bond motifs is 1. The van der Waals surface area contributed by atoms with E-state index in [1.807, 2.05) is 0 Å². The van der Waals surface area contributed by atoms with E-state index in [2.05, 4.69) is 10.3 Å². The minimum Gasteiger partial charge on any atom is -0.508 e. The van der Waals surface area contributed by atoms with Crippen LogP contribution in [-0.2, 0) is 10.8 Å². The number of nitrogens with one attached hydrogen (secondary N) is 2. The van der Waals surface area contributed by atoms with Crippen LogP contribution in [-0.4, -0.2) is 82.3 Å². The summed E-state index contributed by atoms with van der Waals surface area (Å²) in [5.41, 5.74) is -11.4. The molecule has 0 bridgehead atoms. The maximum absolute atomic E-state index is 13.1. The van der Waals surface area contributed by atoms with Gasteiger partial charge in [-0.3, -0.25) is 9.59 Å². The number of hydrogen-bond acceptors (Lipinski definition) is 11. The Morgan fingerprint density at radius 1 is 0.895 bits per heavy atom. The highest BCUT2D eigenvalue weighted by Gasteiger charge is 2.73. The number of amides is 1. The summed E-state index contributed by atoms with van der Waals surface area (Å²) < 4.78 is 0. The molecule has 13 nitrogen and oxygen atoms in total. The fourth-order valence-corrected chi connectivity index (χ4v) is 4.42. The van der Waals surface area contributed by atoms with E-state index in [-0.39, 0.29) is 22.2 Å². The average Bonchev–Trinajstić information content (AvgIpc) is 2.72. The van der Waals surface area contributed by atoms with Crippen LogP contribution in [0.3, 0.4) is 0 Å². The lowest BCUT2D eigenvalue weighted by Crippen LogP contribution is -2.76. The molecule has 2 radical (unpaired) electrons. The number of aliphatic hydroxyl groups is 8. The van der Waals surface area contributed by atoms with Crippen LogP contribution < -0.4 is 10.7 Å². The van der Waals surface area contributed by atoms with E-state index in [0.29, 0.717) is 5.52 Å². The van der Waals surface area contributed by atoms with E-state index >= 15 is 0 Å². The minimum atomic E-state index is -4.58. The molecule has 11 N–H and O–H groups in total. The number of aromatic hydroxyl groups is 1. The van der Waals surface area contributed by atoms with Crippen LogP contribution in [0, 0.1) is 0 Å². The molecule has 0 fully saturated rings. The van der Waals surface area contributed by atoms with Crippen LogP contribution in [0.4, 0.5) is 5.69 Å². The number of phenols is 1. The first-order valence-electron chi connectivity index (χ1n) is 11.0. The number of pyridine rings is 1. The molecule has 1 amide bonds. The lowest BCUT2D eigenvalue weighted by Gasteiger charge is -2.51. The molecule has 202 valence electrons. The first-order valence-corrected chi connectivity index (χ1v) is 11.0. The van der Waals surface area contributed by atoms with Gasteiger partial charge in [0.05, 0.1) is 0 Å². The molecule has 0 saturated carbocycles. The summed E-state index contributed by atoms with van der Waals surface area (Å²) in [6.45, 7) is 4.68. The van der Waals surface area contributed by atoms with Crippen LogP contribution in [0.1, 0.15) is 42.3 Å². The lowest BCUT2D eigenvalue weighted by atomic mass is 9.60. The maximum Gasteiger partial charge on any atom is 0.298 e. The normalized spacial score (nSPS) is 13.6. The predicted molar refractivity (Wildman–Crippen MR) is 133 cm³/mol. The number of aromatic nitrogens is 1. The summed E-state index contributed by atoms with van der Waals surface area (Å²) in [5.74, 6) is -11.3. The zero-order valence-electron chi connectivity index (χ0n) is 20.5. The van der Waals surface area contributed by atoms with Crippen molar-refractivity contribution in [3.63, 3.8) is 0 Å². The summed E-state index contributed by atoms with van der Waals surface area (Å²) in [7, 11) is 5.14. The van der Waals surface area contributed by atoms with Gasteiger partial charge in [0.2, 0.25) is 10.8 Å². The lowest BCUT2D eigenvalue weighted by molar-refractivity contribution is -0.486. The Bertz CT molecular complexity index is 1410. The Morgan fingerprint density at radius 3 is 1.95 bits per heavy atom. The van der Waals surface area contributed by atoms with Crippen molar-refractivity contribution in [3.05, 3.63) is 69.5 Å². The molecular weight excluding hydrogens is 503 g/mol. The van der Waals surface area contributed by atoms with Gasteiger partial charge in [0.1, 0.15) is 17.0 Å². The first-order chi connectivity index (χ1) is 17.1. The van der Waals surface area contributed by atoms with Gasteiger partial charge in [0, 0.05) is 34.4 Å². The molecule has 0 atom stereocenters. The molecule has 0 aliphatic carbocycles. The highest BCUT2D eigenvalue weighted by Crippen LogP contribution is 2.51. The van der Waals surface area contributed by atoms with Crippen molar-refractivity contribution >= 4 is 30.3 Å². The zero-order chi connectivity index (χ0) is 29.1. The van der Waals surface area contributed by atoms with Crippen molar-refractivity contribution in [2.75, 3.05) is 5.32 Å². The van der Waals surface area contributed by atoms with Crippen LogP contribution >= 0.6 is 0 Å². The number of H-pyrrole nitrogens is 1. The van der Waals surface area contributed by atoms with Crippen molar-refractivity contribution in [1.29, 1.82) is 0 Å². The predicted octanol–water partition coefficient (Wildman–Crippen LogP) is -1.91. The molecule has 0 unspecified atom stereocenters. The van der Waals surface area contributed by atoms with Crippen molar-refractivity contribution in [2.24, 2.45) is 0 Å². The fourth-order valence-electron chi connectivity index (χ4n) is 4.42. The summed E-state index contributed by atoms with van der Waals surface area (Å²) in [5, 5.41) is 93.4. The molecule has 0 spiro atoms. The molecule has 1 aromatic heterocycles. The minimum absolute atomic E-state index is 0.0435. The molecule has 38 heavy (non-hydrogen) atoms. The van der Waals surface area contributed by atoms with Crippen LogP contribution in [0.5, 0.6) is 5.75 Å². The SMILES string of the molecule is [B]C(O)(O)C(c1cc(C(C)(C)C)c(NC(=O)c2c[nH]c3ccccc3c2=O)cc1O)(C(O)(O)O)C(O)(O)O. The van der Waals surface area contributed by atoms with Gasteiger partial charge in [0.25, 0.3) is 17.9 Å². The van der Waals surface area contributed by atoms with Gasteiger partial charge >= 0.3 is 0 Å². The van der Waals surface area contributed by atoms with Gasteiger partial charge in [-0.15, -0.1) is 0 Å². The molecule has 14 heteroatoms. The Balaban J connectivity index is 2.27. The number of rotatable bonds is 6. The number of aromatic amines is 1. The molecule has 3 aromatic rings. The summed E-state index contributed by atoms with van der Waals surface area (Å²) >= 11 is 0. The summed E-state index contributed by atoms with van der Waals surface area (Å²) in [6.07, 6.45) is 1.17. The average molecular weight is 530 g/mol. The molecule has 3 rings (SSSR count). The Morgan fingerprint density at radius 2 is 1.45 bits per heavy atom. The van der Waals surface area contributed by atoms with Gasteiger partial charge in [-0.1, -0.05) is 32.9 Å². The number of hydrogen-bond donors (Lipinski definition) is 11. The molecule has 2 aromatic carbocycles. The maximum atomic E-state index is 13.1. The van der Waals surface area contributed by atoms with Gasteiger partial charge in [-0.2, -0.15) is 0 Å². The van der Waals surface area contributed by atoms with E-state index in [0.717, 1.165) is 12.1 Å². The second kappa shape index (κ2) is 9.15. The van der Waals surface area contributed by atoms with Crippen molar-refractivity contribution in [2.45, 2.75) is 49.2 Å². The highest BCUT2D eigenvalue weighted by molar-refractivity contribution is 6.14. The van der Waals surface area contributed by atoms with Crippen molar-refractivity contribution in [1.82, 2.24) is 4.98 Å². The van der Waals surface area contributed by atoms with Crippen molar-refractivity contribution < 1.29 is 50.8 Å². The van der Waals surface area contributed by atoms with Crippen LogP contribution in [0.15, 0.2) is 47.4 Å². The Labute approximate surface area is 216 Å². The molecule has 0 saturated heterocycles. The fraction of sp³-hybridized carbons (Fsp3) is 0.333. The Hall–Kier alpha value is -3.34. The number of para-hydroxylation sites is 1. The third kappa shape index (κ3) is 4.68. The summed E-state index contributed by atoms with van der Waals surface area (Å²) in [4.78, 5) is 28.8. The molecule has 0 aliphatic heterocycles. The second-order valence-electron chi connectivity index (χ2n) is 9.94. The van der Waals surface area contributed by atoms with Gasteiger partial charge in [0.15, 0.2) is 7.85 Å². The zero-order valence-corrected chi connectivity index (χ0v) is 20.5. The smallest absolute Gasteiger partial charge is 0.298 e.